The summed E-state index contributed by atoms with van der Waals surface area (Å²) in [4.78, 5) is 33.9. The number of hydrogen-bond donors (Lipinski definition) is 0. The van der Waals surface area contributed by atoms with Gasteiger partial charge in [-0.1, -0.05) is 31.0 Å². The molecule has 1 amide bonds. The summed E-state index contributed by atoms with van der Waals surface area (Å²) in [5, 5.41) is 0. The summed E-state index contributed by atoms with van der Waals surface area (Å²) in [6.07, 6.45) is 0.255. The van der Waals surface area contributed by atoms with Gasteiger partial charge in [0, 0.05) is 30.9 Å². The average Bonchev–Trinajstić information content (AvgIpc) is 3.28. The summed E-state index contributed by atoms with van der Waals surface area (Å²) in [5.74, 6) is -0.418. The zero-order valence-corrected chi connectivity index (χ0v) is 20.2. The van der Waals surface area contributed by atoms with Crippen LogP contribution in [0.15, 0.2) is 65.4 Å². The van der Waals surface area contributed by atoms with Crippen molar-refractivity contribution in [3.63, 3.8) is 0 Å². The van der Waals surface area contributed by atoms with Crippen LogP contribution in [0.4, 0.5) is 13.2 Å². The van der Waals surface area contributed by atoms with Gasteiger partial charge in [-0.25, -0.2) is 9.79 Å². The Hall–Kier alpha value is -3.82. The zero-order valence-electron chi connectivity index (χ0n) is 20.2. The molecule has 2 aliphatic heterocycles. The lowest BCUT2D eigenvalue weighted by Crippen LogP contribution is -2.60. The normalized spacial score (nSPS) is 23.0. The van der Waals surface area contributed by atoms with Crippen LogP contribution in [0.3, 0.4) is 0 Å². The van der Waals surface area contributed by atoms with Gasteiger partial charge >= 0.3 is 12.1 Å². The smallest absolute Gasteiger partial charge is 0.417 e. The van der Waals surface area contributed by atoms with Crippen molar-refractivity contribution in [3.8, 4) is 5.75 Å². The number of alkyl halides is 3. The summed E-state index contributed by atoms with van der Waals surface area (Å²) < 4.78 is 51.4. The largest absolute Gasteiger partial charge is 0.497 e. The van der Waals surface area contributed by atoms with Crippen LogP contribution in [-0.4, -0.2) is 59.9 Å². The predicted octanol–water partition coefficient (Wildman–Crippen LogP) is 4.63. The van der Waals surface area contributed by atoms with Crippen molar-refractivity contribution in [1.82, 2.24) is 9.80 Å². The van der Waals surface area contributed by atoms with Crippen LogP contribution < -0.4 is 4.74 Å². The average molecular weight is 514 g/mol. The van der Waals surface area contributed by atoms with Crippen molar-refractivity contribution in [2.45, 2.75) is 43.9 Å². The van der Waals surface area contributed by atoms with Crippen LogP contribution in [-0.2, 0) is 15.7 Å². The number of hydrogen-bond acceptors (Lipinski definition) is 6. The molecule has 1 aliphatic carbocycles. The second-order valence-electron chi connectivity index (χ2n) is 9.25. The minimum absolute atomic E-state index is 0.138. The Kier molecular flexibility index (Phi) is 6.66. The lowest BCUT2D eigenvalue weighted by molar-refractivity contribution is -0.138. The molecule has 5 rings (SSSR count). The van der Waals surface area contributed by atoms with E-state index in [4.69, 9.17) is 9.47 Å². The number of methoxy groups -OCH3 is 1. The van der Waals surface area contributed by atoms with Crippen molar-refractivity contribution < 1.29 is 32.2 Å². The number of ether oxygens (including phenoxy) is 2. The Bertz CT molecular complexity index is 1270. The Labute approximate surface area is 212 Å². The third-order valence-electron chi connectivity index (χ3n) is 7.07. The van der Waals surface area contributed by atoms with E-state index in [-0.39, 0.29) is 35.8 Å². The molecule has 0 aromatic heterocycles. The number of nitrogens with zero attached hydrogens (tertiary/aromatic N) is 3. The maximum atomic E-state index is 13.6. The molecule has 0 radical (unpaired) electrons. The first-order valence-electron chi connectivity index (χ1n) is 12.2. The minimum Gasteiger partial charge on any atom is -0.497 e. The molecular weight excluding hydrogens is 487 g/mol. The number of fused-ring (bicyclic) bond motifs is 1. The van der Waals surface area contributed by atoms with Gasteiger partial charge in [0.15, 0.2) is 5.70 Å². The standard InChI is InChI=1S/C27H26F3N3O4/c1-36-18-8-6-7-17(15-18)24-31-21(26(35)37-24)16-32-13-14-33(23-12-5-4-11-22(23)32)25(34)19-9-2-3-10-20(19)27(28,29)30/h2-3,6-10,15-16,22-23H,4-5,11-14H2,1H3. The van der Waals surface area contributed by atoms with Crippen LogP contribution in [0.5, 0.6) is 5.75 Å². The SMILES string of the molecule is COc1cccc(C2=NC(=CN3CCN(C(=O)c4ccccc4C(F)(F)F)C4CCCCC43)C(=O)O2)c1. The van der Waals surface area contributed by atoms with Gasteiger partial charge in [0.25, 0.3) is 5.91 Å². The fourth-order valence-corrected chi connectivity index (χ4v) is 5.32. The Morgan fingerprint density at radius 2 is 1.84 bits per heavy atom. The summed E-state index contributed by atoms with van der Waals surface area (Å²) in [5.41, 5.74) is -0.516. The van der Waals surface area contributed by atoms with E-state index in [1.807, 2.05) is 4.90 Å². The van der Waals surface area contributed by atoms with Gasteiger partial charge in [0.2, 0.25) is 5.90 Å². The number of carbonyl (C=O) groups is 2. The first-order chi connectivity index (χ1) is 17.8. The number of benzene rings is 2. The highest BCUT2D eigenvalue weighted by Crippen LogP contribution is 2.36. The molecule has 0 N–H and O–H groups in total. The van der Waals surface area contributed by atoms with Crippen molar-refractivity contribution in [2.75, 3.05) is 20.2 Å². The third-order valence-corrected chi connectivity index (χ3v) is 7.07. The second-order valence-corrected chi connectivity index (χ2v) is 9.25. The van der Waals surface area contributed by atoms with E-state index in [9.17, 15) is 22.8 Å². The van der Waals surface area contributed by atoms with E-state index < -0.39 is 23.6 Å². The lowest BCUT2D eigenvalue weighted by atomic mass is 9.86. The first kappa shape index (κ1) is 24.9. The summed E-state index contributed by atoms with van der Waals surface area (Å²) >= 11 is 0. The fourth-order valence-electron chi connectivity index (χ4n) is 5.32. The zero-order chi connectivity index (χ0) is 26.2. The van der Waals surface area contributed by atoms with Crippen LogP contribution in [0.1, 0.15) is 47.2 Å². The van der Waals surface area contributed by atoms with Gasteiger partial charge in [0.05, 0.1) is 24.3 Å². The number of piperazine rings is 1. The van der Waals surface area contributed by atoms with E-state index in [0.717, 1.165) is 25.3 Å². The molecule has 1 saturated heterocycles. The maximum Gasteiger partial charge on any atom is 0.417 e. The summed E-state index contributed by atoms with van der Waals surface area (Å²) in [6, 6.07) is 11.5. The van der Waals surface area contributed by atoms with Crippen LogP contribution in [0, 0.1) is 0 Å². The van der Waals surface area contributed by atoms with Crippen molar-refractivity contribution in [2.24, 2.45) is 4.99 Å². The fraction of sp³-hybridized carbons (Fsp3) is 0.370. The third kappa shape index (κ3) is 4.92. The van der Waals surface area contributed by atoms with Crippen LogP contribution >= 0.6 is 0 Å². The number of halogens is 3. The van der Waals surface area contributed by atoms with Gasteiger partial charge in [-0.15, -0.1) is 0 Å². The van der Waals surface area contributed by atoms with Crippen LogP contribution in [0.2, 0.25) is 0 Å². The Morgan fingerprint density at radius 3 is 2.59 bits per heavy atom. The number of cyclic esters (lactones) is 1. The van der Waals surface area contributed by atoms with Crippen molar-refractivity contribution in [3.05, 3.63) is 77.1 Å². The predicted molar refractivity (Wildman–Crippen MR) is 129 cm³/mol. The molecule has 7 nitrogen and oxygen atoms in total. The second kappa shape index (κ2) is 9.91. The molecule has 2 unspecified atom stereocenters. The van der Waals surface area contributed by atoms with E-state index in [2.05, 4.69) is 4.99 Å². The Balaban J connectivity index is 1.40. The molecule has 2 atom stereocenters. The molecule has 3 aliphatic rings. The van der Waals surface area contributed by atoms with Gasteiger partial charge in [-0.2, -0.15) is 13.2 Å². The molecule has 2 aromatic carbocycles. The van der Waals surface area contributed by atoms with E-state index in [1.54, 1.807) is 42.5 Å². The number of aliphatic imine (C=N–C) groups is 1. The van der Waals surface area contributed by atoms with E-state index >= 15 is 0 Å². The molecule has 10 heteroatoms. The quantitative estimate of drug-likeness (QED) is 0.441. The lowest BCUT2D eigenvalue weighted by Gasteiger charge is -2.49. The molecule has 0 spiro atoms. The minimum atomic E-state index is -4.62. The van der Waals surface area contributed by atoms with Gasteiger partial charge in [0.1, 0.15) is 5.75 Å². The highest BCUT2D eigenvalue weighted by atomic mass is 19.4. The molecule has 37 heavy (non-hydrogen) atoms. The summed E-state index contributed by atoms with van der Waals surface area (Å²) in [7, 11) is 1.54. The highest BCUT2D eigenvalue weighted by molar-refractivity contribution is 6.11. The van der Waals surface area contributed by atoms with Crippen LogP contribution in [0.25, 0.3) is 0 Å². The first-order valence-corrected chi connectivity index (χ1v) is 12.2. The van der Waals surface area contributed by atoms with E-state index in [0.29, 0.717) is 24.3 Å². The van der Waals surface area contributed by atoms with Crippen molar-refractivity contribution in [1.29, 1.82) is 0 Å². The maximum absolute atomic E-state index is 13.6. The number of esters is 1. The molecule has 1 saturated carbocycles. The number of carbonyl (C=O) groups excluding carboxylic acids is 2. The Morgan fingerprint density at radius 1 is 1.08 bits per heavy atom. The topological polar surface area (TPSA) is 71.4 Å². The number of amides is 1. The van der Waals surface area contributed by atoms with Gasteiger partial charge in [-0.05, 0) is 43.2 Å². The molecule has 2 heterocycles. The van der Waals surface area contributed by atoms with E-state index in [1.165, 1.54) is 18.2 Å². The molecule has 2 fully saturated rings. The molecule has 0 bridgehead atoms. The number of rotatable bonds is 4. The molecule has 2 aromatic rings. The highest BCUT2D eigenvalue weighted by Gasteiger charge is 2.42. The molecular formula is C27H26F3N3O4. The molecule has 194 valence electrons. The van der Waals surface area contributed by atoms with Gasteiger partial charge in [-0.3, -0.25) is 4.79 Å². The summed E-state index contributed by atoms with van der Waals surface area (Å²) in [6.45, 7) is 0.597. The van der Waals surface area contributed by atoms with Gasteiger partial charge < -0.3 is 19.3 Å². The monoisotopic (exact) mass is 513 g/mol. The van der Waals surface area contributed by atoms with Crippen molar-refractivity contribution >= 4 is 17.8 Å².